The summed E-state index contributed by atoms with van der Waals surface area (Å²) in [5.74, 6) is -0.272. The Morgan fingerprint density at radius 3 is 2.16 bits per heavy atom. The highest BCUT2D eigenvalue weighted by Gasteiger charge is 2.28. The molecule has 1 N–H and O–H groups in total. The van der Waals surface area contributed by atoms with Gasteiger partial charge in [0, 0.05) is 26.7 Å². The van der Waals surface area contributed by atoms with E-state index in [9.17, 15) is 4.79 Å². The molecule has 2 aliphatic rings. The minimum absolute atomic E-state index is 0.0203. The van der Waals surface area contributed by atoms with Crippen LogP contribution in [0.5, 0.6) is 0 Å². The number of ether oxygens (including phenoxy) is 1. The summed E-state index contributed by atoms with van der Waals surface area (Å²) in [4.78, 5) is 16.2. The van der Waals surface area contributed by atoms with Crippen molar-refractivity contribution >= 4 is 5.91 Å². The van der Waals surface area contributed by atoms with Crippen molar-refractivity contribution in [3.63, 3.8) is 0 Å². The first-order valence-corrected chi connectivity index (χ1v) is 11.8. The maximum Gasteiger partial charge on any atom is 0.232 e. The number of nitrogens with zero attached hydrogens (tertiary/aromatic N) is 1. The first-order chi connectivity index (χ1) is 15.7. The molecular formula is C28H34N2O2. The van der Waals surface area contributed by atoms with Gasteiger partial charge in [0.15, 0.2) is 0 Å². The zero-order valence-corrected chi connectivity index (χ0v) is 19.0. The third-order valence-electron chi connectivity index (χ3n) is 6.58. The number of amides is 1. The first-order valence-electron chi connectivity index (χ1n) is 11.8. The minimum atomic E-state index is -0.327. The number of hydrogen-bond donors (Lipinski definition) is 1. The van der Waals surface area contributed by atoms with Gasteiger partial charge in [-0.1, -0.05) is 78.9 Å². The van der Waals surface area contributed by atoms with Crippen molar-refractivity contribution in [2.24, 2.45) is 0 Å². The topological polar surface area (TPSA) is 41.6 Å². The lowest BCUT2D eigenvalue weighted by Crippen LogP contribution is -2.49. The van der Waals surface area contributed by atoms with Gasteiger partial charge in [0.1, 0.15) is 0 Å². The zero-order chi connectivity index (χ0) is 22.2. The van der Waals surface area contributed by atoms with Gasteiger partial charge in [-0.2, -0.15) is 0 Å². The van der Waals surface area contributed by atoms with Crippen molar-refractivity contribution < 1.29 is 9.53 Å². The summed E-state index contributed by atoms with van der Waals surface area (Å²) in [5.41, 5.74) is 3.26. The Morgan fingerprint density at radius 2 is 1.62 bits per heavy atom. The van der Waals surface area contributed by atoms with Gasteiger partial charge in [-0.25, -0.2) is 0 Å². The van der Waals surface area contributed by atoms with Crippen LogP contribution >= 0.6 is 0 Å². The summed E-state index contributed by atoms with van der Waals surface area (Å²) in [6, 6.07) is 20.1. The Hall–Kier alpha value is -2.69. The summed E-state index contributed by atoms with van der Waals surface area (Å²) in [7, 11) is 1.80. The number of carbonyl (C=O) groups is 1. The van der Waals surface area contributed by atoms with E-state index in [2.05, 4.69) is 28.4 Å². The lowest BCUT2D eigenvalue weighted by atomic mass is 9.89. The second-order valence-corrected chi connectivity index (χ2v) is 8.74. The molecule has 1 aliphatic heterocycles. The van der Waals surface area contributed by atoms with Crippen molar-refractivity contribution in [3.8, 4) is 0 Å². The van der Waals surface area contributed by atoms with Crippen LogP contribution in [-0.4, -0.2) is 49.7 Å². The molecule has 1 saturated heterocycles. The molecular weight excluding hydrogens is 396 g/mol. The molecule has 1 fully saturated rings. The quantitative estimate of drug-likeness (QED) is 0.661. The van der Waals surface area contributed by atoms with Gasteiger partial charge in [-0.05, 0) is 42.4 Å². The van der Waals surface area contributed by atoms with Crippen molar-refractivity contribution in [2.45, 2.75) is 43.7 Å². The molecule has 1 amide bonds. The Bertz CT molecular complexity index is 875. The fourth-order valence-electron chi connectivity index (χ4n) is 4.75. The average Bonchev–Trinajstić information content (AvgIpc) is 2.86. The van der Waals surface area contributed by atoms with Crippen LogP contribution in [0.15, 0.2) is 84.5 Å². The van der Waals surface area contributed by atoms with E-state index in [1.807, 2.05) is 60.7 Å². The van der Waals surface area contributed by atoms with E-state index < -0.39 is 0 Å². The van der Waals surface area contributed by atoms with Gasteiger partial charge in [-0.15, -0.1) is 0 Å². The second-order valence-electron chi connectivity index (χ2n) is 8.74. The molecule has 1 heterocycles. The second kappa shape index (κ2) is 11.3. The number of nitrogens with one attached hydrogen (secondary N) is 1. The van der Waals surface area contributed by atoms with E-state index in [1.54, 1.807) is 7.11 Å². The zero-order valence-electron chi connectivity index (χ0n) is 19.0. The molecule has 1 atom stereocenters. The van der Waals surface area contributed by atoms with E-state index in [-0.39, 0.29) is 17.9 Å². The third-order valence-corrected chi connectivity index (χ3v) is 6.58. The Labute approximate surface area is 192 Å². The molecule has 1 unspecified atom stereocenters. The monoisotopic (exact) mass is 430 g/mol. The molecule has 0 radical (unpaired) electrons. The number of piperidine rings is 1. The number of carbonyl (C=O) groups excluding carboxylic acids is 1. The molecule has 32 heavy (non-hydrogen) atoms. The van der Waals surface area contributed by atoms with Gasteiger partial charge in [-0.3, -0.25) is 4.79 Å². The van der Waals surface area contributed by atoms with Crippen LogP contribution in [0, 0.1) is 0 Å². The van der Waals surface area contributed by atoms with Crippen LogP contribution in [0.25, 0.3) is 0 Å². The van der Waals surface area contributed by atoms with Crippen LogP contribution in [0.4, 0.5) is 0 Å². The summed E-state index contributed by atoms with van der Waals surface area (Å²) >= 11 is 0. The molecule has 4 rings (SSSR count). The molecule has 4 nitrogen and oxygen atoms in total. The number of benzene rings is 2. The summed E-state index contributed by atoms with van der Waals surface area (Å²) < 4.78 is 5.54. The molecule has 0 bridgehead atoms. The van der Waals surface area contributed by atoms with Crippen molar-refractivity contribution in [2.75, 3.05) is 26.7 Å². The van der Waals surface area contributed by atoms with Crippen LogP contribution < -0.4 is 5.32 Å². The van der Waals surface area contributed by atoms with Crippen molar-refractivity contribution in [1.82, 2.24) is 10.2 Å². The van der Waals surface area contributed by atoms with Gasteiger partial charge < -0.3 is 15.0 Å². The van der Waals surface area contributed by atoms with Crippen LogP contribution in [0.2, 0.25) is 0 Å². The van der Waals surface area contributed by atoms with Gasteiger partial charge >= 0.3 is 0 Å². The highest BCUT2D eigenvalue weighted by atomic mass is 16.5. The fraction of sp³-hybridized carbons (Fsp3) is 0.393. The number of methoxy groups -OCH3 is 1. The van der Waals surface area contributed by atoms with E-state index in [4.69, 9.17) is 4.74 Å². The molecule has 2 aromatic rings. The van der Waals surface area contributed by atoms with E-state index in [0.717, 1.165) is 56.4 Å². The van der Waals surface area contributed by atoms with E-state index >= 15 is 0 Å². The normalized spacial score (nSPS) is 18.4. The van der Waals surface area contributed by atoms with Crippen LogP contribution in [-0.2, 0) is 9.53 Å². The first kappa shape index (κ1) is 22.5. The Balaban J connectivity index is 1.55. The smallest absolute Gasteiger partial charge is 0.232 e. The number of likely N-dealkylation sites (tertiary alicyclic amines) is 1. The van der Waals surface area contributed by atoms with Gasteiger partial charge in [0.05, 0.1) is 18.1 Å². The number of rotatable bonds is 8. The molecule has 2 aromatic carbocycles. The largest absolute Gasteiger partial charge is 0.381 e. The van der Waals surface area contributed by atoms with Crippen molar-refractivity contribution in [3.05, 3.63) is 95.6 Å². The molecule has 0 aromatic heterocycles. The maximum atomic E-state index is 13.7. The third kappa shape index (κ3) is 5.76. The van der Waals surface area contributed by atoms with Gasteiger partial charge in [0.2, 0.25) is 5.91 Å². The molecule has 4 heteroatoms. The van der Waals surface area contributed by atoms with Gasteiger partial charge in [0.25, 0.3) is 0 Å². The molecule has 168 valence electrons. The lowest BCUT2D eigenvalue weighted by Gasteiger charge is -2.35. The Morgan fingerprint density at radius 1 is 1.00 bits per heavy atom. The lowest BCUT2D eigenvalue weighted by molar-refractivity contribution is -0.122. The predicted octanol–water partition coefficient (Wildman–Crippen LogP) is 4.69. The van der Waals surface area contributed by atoms with Crippen molar-refractivity contribution in [1.29, 1.82) is 0 Å². The SMILES string of the molecule is COC1CCN(CC(NC(=O)C(c2ccccc2)c2ccccc2)C2=CCCC=C2)CC1. The van der Waals surface area contributed by atoms with E-state index in [0.29, 0.717) is 6.10 Å². The standard InChI is InChI=1S/C28H34N2O2/c1-32-25-17-19-30(20-18-25)21-26(22-11-5-2-6-12-22)29-28(31)27(23-13-7-3-8-14-23)24-15-9-4-10-16-24/h3-5,7-16,25-27H,2,6,17-21H2,1H3,(H,29,31). The molecule has 1 aliphatic carbocycles. The van der Waals surface area contributed by atoms with E-state index in [1.165, 1.54) is 5.57 Å². The van der Waals surface area contributed by atoms with Crippen LogP contribution in [0.3, 0.4) is 0 Å². The average molecular weight is 431 g/mol. The molecule has 0 saturated carbocycles. The highest BCUT2D eigenvalue weighted by molar-refractivity contribution is 5.87. The molecule has 0 spiro atoms. The summed E-state index contributed by atoms with van der Waals surface area (Å²) in [5, 5.41) is 3.42. The minimum Gasteiger partial charge on any atom is -0.381 e. The maximum absolute atomic E-state index is 13.7. The number of hydrogen-bond acceptors (Lipinski definition) is 3. The fourth-order valence-corrected chi connectivity index (χ4v) is 4.75. The predicted molar refractivity (Wildman–Crippen MR) is 130 cm³/mol. The van der Waals surface area contributed by atoms with Crippen LogP contribution in [0.1, 0.15) is 42.7 Å². The highest BCUT2D eigenvalue weighted by Crippen LogP contribution is 2.26. The Kier molecular flexibility index (Phi) is 7.92. The summed E-state index contributed by atoms with van der Waals surface area (Å²) in [6.45, 7) is 2.83. The summed E-state index contributed by atoms with van der Waals surface area (Å²) in [6.07, 6.45) is 11.2. The number of allylic oxidation sites excluding steroid dienone is 2.